The van der Waals surface area contributed by atoms with E-state index in [2.05, 4.69) is 47.7 Å². The highest BCUT2D eigenvalue weighted by atomic mass is 16.1. The maximum Gasteiger partial charge on any atom is 0.257 e. The molecule has 1 aliphatic rings. The molecule has 4 heterocycles. The minimum Gasteiger partial charge on any atom is -0.357 e. The number of hydrogen-bond acceptors (Lipinski definition) is 8. The molecule has 5 rings (SSSR count). The minimum atomic E-state index is -0.251. The van der Waals surface area contributed by atoms with E-state index in [-0.39, 0.29) is 5.91 Å². The van der Waals surface area contributed by atoms with Crippen LogP contribution in [0.1, 0.15) is 23.2 Å². The molecular formula is C24H27N9O. The molecule has 0 radical (unpaired) electrons. The third-order valence-electron chi connectivity index (χ3n) is 6.33. The molecule has 0 spiro atoms. The molecule has 1 aromatic carbocycles. The fourth-order valence-electron chi connectivity index (χ4n) is 4.26. The summed E-state index contributed by atoms with van der Waals surface area (Å²) in [6, 6.07) is 11.5. The van der Waals surface area contributed by atoms with Crippen molar-refractivity contribution in [2.45, 2.75) is 18.9 Å². The number of amides is 1. The number of pyridine rings is 1. The van der Waals surface area contributed by atoms with Crippen molar-refractivity contribution in [2.75, 3.05) is 37.4 Å². The van der Waals surface area contributed by atoms with Crippen molar-refractivity contribution in [1.82, 2.24) is 35.1 Å². The van der Waals surface area contributed by atoms with E-state index in [4.69, 9.17) is 0 Å². The van der Waals surface area contributed by atoms with Crippen LogP contribution in [0.2, 0.25) is 0 Å². The van der Waals surface area contributed by atoms with E-state index in [1.165, 1.54) is 0 Å². The zero-order valence-corrected chi connectivity index (χ0v) is 19.5. The number of aromatic nitrogens is 6. The van der Waals surface area contributed by atoms with Crippen LogP contribution in [-0.2, 0) is 7.05 Å². The largest absolute Gasteiger partial charge is 0.357 e. The third kappa shape index (κ3) is 4.58. The van der Waals surface area contributed by atoms with Gasteiger partial charge in [0.2, 0.25) is 0 Å². The molecule has 174 valence electrons. The van der Waals surface area contributed by atoms with E-state index < -0.39 is 0 Å². The summed E-state index contributed by atoms with van der Waals surface area (Å²) in [5, 5.41) is 20.3. The van der Waals surface area contributed by atoms with Gasteiger partial charge in [-0.1, -0.05) is 11.3 Å². The Morgan fingerprint density at radius 1 is 1.06 bits per heavy atom. The van der Waals surface area contributed by atoms with Gasteiger partial charge in [0, 0.05) is 42.8 Å². The first-order chi connectivity index (χ1) is 16.5. The van der Waals surface area contributed by atoms with Crippen LogP contribution in [0.3, 0.4) is 0 Å². The molecule has 10 nitrogen and oxygen atoms in total. The normalized spacial score (nSPS) is 14.9. The van der Waals surface area contributed by atoms with E-state index in [9.17, 15) is 4.79 Å². The third-order valence-corrected chi connectivity index (χ3v) is 6.33. The topological polar surface area (TPSA) is 105 Å². The first-order valence-corrected chi connectivity index (χ1v) is 11.3. The standard InChI is InChI=1S/C24H27N9O/c1-31-10-7-19(8-11-31)33(3)23-14-17(6-9-25-23)24(34)26-22-13-18-12-16(4-5-20(18)27-29-22)21-15-32(2)30-28-21/h4-6,9,12-15,19H,7-8,10-11H2,1-3H3,(H,26,29,34). The summed E-state index contributed by atoms with van der Waals surface area (Å²) in [5.41, 5.74) is 2.95. The predicted molar refractivity (Wildman–Crippen MR) is 131 cm³/mol. The van der Waals surface area contributed by atoms with Crippen molar-refractivity contribution in [3.8, 4) is 11.3 Å². The lowest BCUT2D eigenvalue weighted by atomic mass is 10.0. The van der Waals surface area contributed by atoms with Crippen molar-refractivity contribution in [1.29, 1.82) is 0 Å². The summed E-state index contributed by atoms with van der Waals surface area (Å²) in [4.78, 5) is 22.0. The van der Waals surface area contributed by atoms with Crippen LogP contribution in [0, 0.1) is 0 Å². The monoisotopic (exact) mass is 457 g/mol. The van der Waals surface area contributed by atoms with Crippen LogP contribution >= 0.6 is 0 Å². The van der Waals surface area contributed by atoms with Gasteiger partial charge in [0.05, 0.1) is 11.7 Å². The Bertz CT molecular complexity index is 1330. The van der Waals surface area contributed by atoms with Crippen LogP contribution in [0.5, 0.6) is 0 Å². The Balaban J connectivity index is 1.33. The number of fused-ring (bicyclic) bond motifs is 1. The Labute approximate surface area is 197 Å². The van der Waals surface area contributed by atoms with Gasteiger partial charge in [-0.3, -0.25) is 9.48 Å². The molecular weight excluding hydrogens is 430 g/mol. The lowest BCUT2D eigenvalue weighted by Crippen LogP contribution is -2.42. The highest BCUT2D eigenvalue weighted by Crippen LogP contribution is 2.24. The van der Waals surface area contributed by atoms with Gasteiger partial charge in [0.1, 0.15) is 11.5 Å². The summed E-state index contributed by atoms with van der Waals surface area (Å²) in [6.07, 6.45) is 5.68. The number of hydrogen-bond donors (Lipinski definition) is 1. The summed E-state index contributed by atoms with van der Waals surface area (Å²) in [5.74, 6) is 0.926. The number of carbonyl (C=O) groups is 1. The van der Waals surface area contributed by atoms with Crippen molar-refractivity contribution < 1.29 is 4.79 Å². The number of anilines is 2. The van der Waals surface area contributed by atoms with E-state index in [0.29, 0.717) is 17.4 Å². The molecule has 3 aromatic heterocycles. The first kappa shape index (κ1) is 21.9. The lowest BCUT2D eigenvalue weighted by Gasteiger charge is -2.35. The fraction of sp³-hybridized carbons (Fsp3) is 0.333. The second-order valence-electron chi connectivity index (χ2n) is 8.78. The molecule has 0 saturated carbocycles. The van der Waals surface area contributed by atoms with E-state index >= 15 is 0 Å². The molecule has 4 aromatic rings. The van der Waals surface area contributed by atoms with Gasteiger partial charge in [0.25, 0.3) is 5.91 Å². The highest BCUT2D eigenvalue weighted by Gasteiger charge is 2.22. The maximum atomic E-state index is 13.0. The van der Waals surface area contributed by atoms with E-state index in [1.807, 2.05) is 50.6 Å². The molecule has 0 bridgehead atoms. The summed E-state index contributed by atoms with van der Waals surface area (Å²) in [6.45, 7) is 2.13. The number of benzene rings is 1. The molecule has 1 amide bonds. The molecule has 10 heteroatoms. The molecule has 34 heavy (non-hydrogen) atoms. The predicted octanol–water partition coefficient (Wildman–Crippen LogP) is 2.60. The van der Waals surface area contributed by atoms with Crippen LogP contribution in [0.25, 0.3) is 22.2 Å². The zero-order valence-electron chi connectivity index (χ0n) is 19.5. The van der Waals surface area contributed by atoms with Gasteiger partial charge in [0.15, 0.2) is 5.82 Å². The Hall–Kier alpha value is -3.92. The number of aryl methyl sites for hydroxylation is 1. The SMILES string of the molecule is CN1CCC(N(C)c2cc(C(=O)Nc3cc4cc(-c5cn(C)nn5)ccc4nn3)ccn2)CC1. The molecule has 1 fully saturated rings. The molecule has 0 unspecified atom stereocenters. The summed E-state index contributed by atoms with van der Waals surface area (Å²) >= 11 is 0. The van der Waals surface area contributed by atoms with E-state index in [0.717, 1.165) is 53.9 Å². The zero-order chi connectivity index (χ0) is 23.7. The number of likely N-dealkylation sites (tertiary alicyclic amines) is 1. The van der Waals surface area contributed by atoms with Crippen molar-refractivity contribution in [3.63, 3.8) is 0 Å². The van der Waals surface area contributed by atoms with Crippen molar-refractivity contribution >= 4 is 28.4 Å². The summed E-state index contributed by atoms with van der Waals surface area (Å²) < 4.78 is 1.66. The molecule has 1 aliphatic heterocycles. The average Bonchev–Trinajstić information content (AvgIpc) is 3.30. The van der Waals surface area contributed by atoms with Crippen molar-refractivity contribution in [3.05, 3.63) is 54.4 Å². The molecule has 1 N–H and O–H groups in total. The molecule has 0 aliphatic carbocycles. The van der Waals surface area contributed by atoms with E-state index in [1.54, 1.807) is 16.9 Å². The van der Waals surface area contributed by atoms with Gasteiger partial charge in [-0.2, -0.15) is 0 Å². The average molecular weight is 458 g/mol. The van der Waals surface area contributed by atoms with Crippen LogP contribution in [-0.4, -0.2) is 74.2 Å². The van der Waals surface area contributed by atoms with Gasteiger partial charge >= 0.3 is 0 Å². The van der Waals surface area contributed by atoms with Gasteiger partial charge in [-0.25, -0.2) is 4.98 Å². The number of nitrogens with zero attached hydrogens (tertiary/aromatic N) is 8. The van der Waals surface area contributed by atoms with Crippen LogP contribution < -0.4 is 10.2 Å². The lowest BCUT2D eigenvalue weighted by molar-refractivity contribution is 0.102. The quantitative estimate of drug-likeness (QED) is 0.488. The molecule has 0 atom stereocenters. The smallest absolute Gasteiger partial charge is 0.257 e. The number of rotatable bonds is 5. The van der Waals surface area contributed by atoms with Crippen LogP contribution in [0.15, 0.2) is 48.8 Å². The van der Waals surface area contributed by atoms with Gasteiger partial charge in [-0.05, 0) is 63.3 Å². The first-order valence-electron chi connectivity index (χ1n) is 11.3. The second kappa shape index (κ2) is 9.14. The minimum absolute atomic E-state index is 0.251. The number of nitrogens with one attached hydrogen (secondary N) is 1. The maximum absolute atomic E-state index is 13.0. The van der Waals surface area contributed by atoms with Crippen LogP contribution in [0.4, 0.5) is 11.6 Å². The Morgan fingerprint density at radius 2 is 1.88 bits per heavy atom. The molecule has 1 saturated heterocycles. The van der Waals surface area contributed by atoms with Crippen molar-refractivity contribution in [2.24, 2.45) is 7.05 Å². The number of piperidine rings is 1. The summed E-state index contributed by atoms with van der Waals surface area (Å²) in [7, 11) is 6.02. The fourth-order valence-corrected chi connectivity index (χ4v) is 4.26. The van der Waals surface area contributed by atoms with Gasteiger partial charge < -0.3 is 15.1 Å². The Morgan fingerprint density at radius 3 is 2.65 bits per heavy atom. The second-order valence-corrected chi connectivity index (χ2v) is 8.78. The number of carbonyl (C=O) groups excluding carboxylic acids is 1. The highest BCUT2D eigenvalue weighted by molar-refractivity contribution is 6.04. The van der Waals surface area contributed by atoms with Gasteiger partial charge in [-0.15, -0.1) is 15.3 Å². The Kier molecular flexibility index (Phi) is 5.89.